The van der Waals surface area contributed by atoms with Crippen molar-refractivity contribution in [2.75, 3.05) is 16.0 Å². The Kier molecular flexibility index (Phi) is 7.12. The zero-order valence-electron chi connectivity index (χ0n) is 16.2. The number of anilines is 3. The van der Waals surface area contributed by atoms with E-state index in [1.807, 2.05) is 42.5 Å². The second kappa shape index (κ2) is 9.76. The summed E-state index contributed by atoms with van der Waals surface area (Å²) < 4.78 is 0. The summed E-state index contributed by atoms with van der Waals surface area (Å²) in [5.74, 6) is 0.537. The third-order valence-electron chi connectivity index (χ3n) is 5.50. The number of amides is 3. The van der Waals surface area contributed by atoms with Crippen LogP contribution in [0.15, 0.2) is 54.6 Å². The van der Waals surface area contributed by atoms with E-state index < -0.39 is 0 Å². The predicted octanol–water partition coefficient (Wildman–Crippen LogP) is 4.61. The quantitative estimate of drug-likeness (QED) is 0.576. The first-order chi connectivity index (χ1) is 13.6. The molecule has 0 radical (unpaired) electrons. The molecule has 0 aromatic heterocycles. The second-order valence-electron chi connectivity index (χ2n) is 7.75. The molecular weight excluding hydrogens is 388 g/mol. The number of urea groups is 1. The Balaban J connectivity index is 0.00000240. The Morgan fingerprint density at radius 1 is 0.793 bits per heavy atom. The van der Waals surface area contributed by atoms with E-state index in [0.717, 1.165) is 24.2 Å². The zero-order chi connectivity index (χ0) is 19.3. The standard InChI is InChI=1S/C22H26N4O2.ClH/c27-21(14-15-12-19-10-11-20(13-15)23-19)24-17-6-8-18(9-7-17)26-22(28)25-16-4-2-1-3-5-16;/h1-9,15,19-20,23H,10-14H2,(H,24,27)(H2,25,26,28);1H. The van der Waals surface area contributed by atoms with E-state index in [4.69, 9.17) is 0 Å². The van der Waals surface area contributed by atoms with E-state index in [1.54, 1.807) is 12.1 Å². The van der Waals surface area contributed by atoms with Crippen molar-refractivity contribution in [2.45, 2.75) is 44.2 Å². The van der Waals surface area contributed by atoms with Crippen molar-refractivity contribution in [1.29, 1.82) is 0 Å². The van der Waals surface area contributed by atoms with Crippen molar-refractivity contribution in [2.24, 2.45) is 5.92 Å². The summed E-state index contributed by atoms with van der Waals surface area (Å²) in [6, 6.07) is 17.4. The van der Waals surface area contributed by atoms with Crippen LogP contribution in [0.25, 0.3) is 0 Å². The number of benzene rings is 2. The number of halogens is 1. The van der Waals surface area contributed by atoms with Gasteiger partial charge in [0.25, 0.3) is 0 Å². The number of piperidine rings is 1. The maximum absolute atomic E-state index is 12.4. The average molecular weight is 415 g/mol. The summed E-state index contributed by atoms with van der Waals surface area (Å²) in [5, 5.41) is 12.1. The lowest BCUT2D eigenvalue weighted by Gasteiger charge is -2.28. The molecule has 0 saturated carbocycles. The number of para-hydroxylation sites is 1. The van der Waals surface area contributed by atoms with Gasteiger partial charge in [0.15, 0.2) is 0 Å². The second-order valence-corrected chi connectivity index (χ2v) is 7.75. The molecule has 4 rings (SSSR count). The van der Waals surface area contributed by atoms with E-state index in [0.29, 0.717) is 30.1 Å². The first-order valence-electron chi connectivity index (χ1n) is 9.93. The summed E-state index contributed by atoms with van der Waals surface area (Å²) >= 11 is 0. The van der Waals surface area contributed by atoms with Crippen LogP contribution in [0, 0.1) is 5.92 Å². The normalized spacial score (nSPS) is 22.3. The summed E-state index contributed by atoms with van der Waals surface area (Å²) in [6.07, 6.45) is 5.27. The van der Waals surface area contributed by atoms with Gasteiger partial charge in [0.1, 0.15) is 0 Å². The fourth-order valence-corrected chi connectivity index (χ4v) is 4.27. The number of hydrogen-bond donors (Lipinski definition) is 4. The minimum Gasteiger partial charge on any atom is -0.326 e. The Labute approximate surface area is 177 Å². The molecule has 7 heteroatoms. The molecule has 2 bridgehead atoms. The Morgan fingerprint density at radius 2 is 1.31 bits per heavy atom. The fourth-order valence-electron chi connectivity index (χ4n) is 4.27. The molecule has 2 heterocycles. The van der Waals surface area contributed by atoms with Crippen LogP contribution in [0.5, 0.6) is 0 Å². The Hall–Kier alpha value is -2.57. The highest BCUT2D eigenvalue weighted by Crippen LogP contribution is 2.32. The van der Waals surface area contributed by atoms with Gasteiger partial charge in [-0.2, -0.15) is 0 Å². The molecule has 2 saturated heterocycles. The maximum Gasteiger partial charge on any atom is 0.323 e. The van der Waals surface area contributed by atoms with Crippen LogP contribution in [0.4, 0.5) is 21.9 Å². The Bertz CT molecular complexity index is 816. The highest BCUT2D eigenvalue weighted by Gasteiger charge is 2.34. The van der Waals surface area contributed by atoms with Gasteiger partial charge in [0.05, 0.1) is 0 Å². The van der Waals surface area contributed by atoms with Crippen LogP contribution in [0.1, 0.15) is 32.1 Å². The van der Waals surface area contributed by atoms with Crippen molar-refractivity contribution < 1.29 is 9.59 Å². The van der Waals surface area contributed by atoms with Gasteiger partial charge in [-0.15, -0.1) is 12.4 Å². The maximum atomic E-state index is 12.4. The molecule has 2 unspecified atom stereocenters. The first-order valence-corrected chi connectivity index (χ1v) is 9.93. The molecule has 0 aliphatic carbocycles. The van der Waals surface area contributed by atoms with Gasteiger partial charge in [-0.3, -0.25) is 4.79 Å². The third-order valence-corrected chi connectivity index (χ3v) is 5.50. The molecule has 3 amide bonds. The van der Waals surface area contributed by atoms with Crippen molar-refractivity contribution in [1.82, 2.24) is 5.32 Å². The molecular formula is C22H27ClN4O2. The first kappa shape index (κ1) is 21.1. The SMILES string of the molecule is Cl.O=C(CC1CC2CCC(C1)N2)Nc1ccc(NC(=O)Nc2ccccc2)cc1. The van der Waals surface area contributed by atoms with Crippen LogP contribution in [-0.2, 0) is 4.79 Å². The number of nitrogens with one attached hydrogen (secondary N) is 4. The minimum atomic E-state index is -0.302. The highest BCUT2D eigenvalue weighted by atomic mass is 35.5. The molecule has 29 heavy (non-hydrogen) atoms. The third kappa shape index (κ3) is 5.95. The van der Waals surface area contributed by atoms with Crippen molar-refractivity contribution in [3.8, 4) is 0 Å². The lowest BCUT2D eigenvalue weighted by Crippen LogP contribution is -2.39. The molecule has 6 nitrogen and oxygen atoms in total. The smallest absolute Gasteiger partial charge is 0.323 e. The zero-order valence-corrected chi connectivity index (χ0v) is 17.0. The number of fused-ring (bicyclic) bond motifs is 2. The van der Waals surface area contributed by atoms with Crippen molar-refractivity contribution >= 4 is 41.4 Å². The number of carbonyl (C=O) groups is 2. The molecule has 2 fully saturated rings. The fraction of sp³-hybridized carbons (Fsp3) is 0.364. The largest absolute Gasteiger partial charge is 0.326 e. The minimum absolute atomic E-state index is 0. The lowest BCUT2D eigenvalue weighted by atomic mass is 9.89. The summed E-state index contributed by atoms with van der Waals surface area (Å²) in [7, 11) is 0. The predicted molar refractivity (Wildman–Crippen MR) is 119 cm³/mol. The van der Waals surface area contributed by atoms with E-state index in [1.165, 1.54) is 12.8 Å². The average Bonchev–Trinajstić information content (AvgIpc) is 3.02. The van der Waals surface area contributed by atoms with Gasteiger partial charge in [-0.25, -0.2) is 4.79 Å². The van der Waals surface area contributed by atoms with Crippen LogP contribution >= 0.6 is 12.4 Å². The van der Waals surface area contributed by atoms with Gasteiger partial charge in [-0.1, -0.05) is 18.2 Å². The summed E-state index contributed by atoms with van der Waals surface area (Å²) in [5.41, 5.74) is 2.15. The van der Waals surface area contributed by atoms with Crippen LogP contribution in [-0.4, -0.2) is 24.0 Å². The number of rotatable bonds is 5. The topological polar surface area (TPSA) is 82.3 Å². The summed E-state index contributed by atoms with van der Waals surface area (Å²) in [6.45, 7) is 0. The van der Waals surface area contributed by atoms with Crippen LogP contribution in [0.3, 0.4) is 0 Å². The van der Waals surface area contributed by atoms with Crippen LogP contribution < -0.4 is 21.3 Å². The van der Waals surface area contributed by atoms with Gasteiger partial charge in [-0.05, 0) is 68.0 Å². The van der Waals surface area contributed by atoms with Gasteiger partial charge >= 0.3 is 6.03 Å². The molecule has 2 atom stereocenters. The molecule has 2 aromatic carbocycles. The Morgan fingerprint density at radius 3 is 1.90 bits per heavy atom. The molecule has 154 valence electrons. The monoisotopic (exact) mass is 414 g/mol. The molecule has 0 spiro atoms. The van der Waals surface area contributed by atoms with Gasteiger partial charge in [0, 0.05) is 35.6 Å². The van der Waals surface area contributed by atoms with E-state index in [9.17, 15) is 9.59 Å². The molecule has 2 aromatic rings. The van der Waals surface area contributed by atoms with Crippen LogP contribution in [0.2, 0.25) is 0 Å². The molecule has 2 aliphatic heterocycles. The van der Waals surface area contributed by atoms with E-state index >= 15 is 0 Å². The van der Waals surface area contributed by atoms with Gasteiger partial charge < -0.3 is 21.3 Å². The van der Waals surface area contributed by atoms with E-state index in [2.05, 4.69) is 21.3 Å². The van der Waals surface area contributed by atoms with Crippen molar-refractivity contribution in [3.63, 3.8) is 0 Å². The molecule has 2 aliphatic rings. The molecule has 4 N–H and O–H groups in total. The lowest BCUT2D eigenvalue weighted by molar-refractivity contribution is -0.117. The van der Waals surface area contributed by atoms with Crippen molar-refractivity contribution in [3.05, 3.63) is 54.6 Å². The summed E-state index contributed by atoms with van der Waals surface area (Å²) in [4.78, 5) is 24.4. The highest BCUT2D eigenvalue weighted by molar-refractivity contribution is 6.00. The van der Waals surface area contributed by atoms with Gasteiger partial charge in [0.2, 0.25) is 5.91 Å². The number of hydrogen-bond acceptors (Lipinski definition) is 3. The number of carbonyl (C=O) groups excluding carboxylic acids is 2. The van der Waals surface area contributed by atoms with E-state index in [-0.39, 0.29) is 24.3 Å².